The molecule has 3 aromatic heterocycles. The third kappa shape index (κ3) is 1.97. The molecule has 0 aliphatic carbocycles. The number of H-pyrrole nitrogens is 1. The van der Waals surface area contributed by atoms with Crippen molar-refractivity contribution >= 4 is 10.9 Å². The summed E-state index contributed by atoms with van der Waals surface area (Å²) in [4.78, 5) is 8.48. The maximum atomic E-state index is 4.41. The highest BCUT2D eigenvalue weighted by atomic mass is 15.1. The molecule has 21 heavy (non-hydrogen) atoms. The van der Waals surface area contributed by atoms with Crippen LogP contribution < -0.4 is 0 Å². The highest BCUT2D eigenvalue weighted by molar-refractivity contribution is 5.97. The van der Waals surface area contributed by atoms with Crippen molar-refractivity contribution in [3.8, 4) is 22.4 Å². The third-order valence-corrected chi connectivity index (χ3v) is 3.55. The van der Waals surface area contributed by atoms with Crippen LogP contribution in [0.5, 0.6) is 0 Å². The van der Waals surface area contributed by atoms with Gasteiger partial charge in [0.05, 0.1) is 17.4 Å². The minimum Gasteiger partial charge on any atom is -0.277 e. The first-order chi connectivity index (χ1) is 10.4. The van der Waals surface area contributed by atoms with E-state index >= 15 is 0 Å². The lowest BCUT2D eigenvalue weighted by Crippen LogP contribution is -1.86. The lowest BCUT2D eigenvalue weighted by Gasteiger charge is -2.06. The van der Waals surface area contributed by atoms with Gasteiger partial charge in [-0.05, 0) is 29.8 Å². The van der Waals surface area contributed by atoms with E-state index in [9.17, 15) is 0 Å². The van der Waals surface area contributed by atoms with E-state index in [0.717, 1.165) is 33.3 Å². The van der Waals surface area contributed by atoms with Crippen molar-refractivity contribution in [2.75, 3.05) is 0 Å². The summed E-state index contributed by atoms with van der Waals surface area (Å²) >= 11 is 0. The van der Waals surface area contributed by atoms with E-state index in [1.807, 2.05) is 48.8 Å². The van der Waals surface area contributed by atoms with Crippen molar-refractivity contribution in [3.63, 3.8) is 0 Å². The topological polar surface area (TPSA) is 54.5 Å². The zero-order valence-electron chi connectivity index (χ0n) is 11.2. The van der Waals surface area contributed by atoms with Crippen LogP contribution in [0.4, 0.5) is 0 Å². The number of nitrogens with zero attached hydrogens (tertiary/aromatic N) is 3. The normalized spacial score (nSPS) is 10.9. The van der Waals surface area contributed by atoms with Gasteiger partial charge in [-0.2, -0.15) is 5.10 Å². The van der Waals surface area contributed by atoms with Crippen molar-refractivity contribution < 1.29 is 0 Å². The smallest absolute Gasteiger partial charge is 0.0730 e. The van der Waals surface area contributed by atoms with Crippen molar-refractivity contribution in [2.24, 2.45) is 0 Å². The molecule has 4 nitrogen and oxygen atoms in total. The molecule has 0 saturated carbocycles. The van der Waals surface area contributed by atoms with Gasteiger partial charge in [-0.25, -0.2) is 0 Å². The average molecular weight is 272 g/mol. The monoisotopic (exact) mass is 272 g/mol. The lowest BCUT2D eigenvalue weighted by atomic mass is 9.99. The molecule has 0 amide bonds. The minimum atomic E-state index is 0.983. The van der Waals surface area contributed by atoms with Crippen LogP contribution >= 0.6 is 0 Å². The SMILES string of the molecule is c1ccc2c(-c3cn[nH]c3-c3ccncc3)ccnc2c1. The summed E-state index contributed by atoms with van der Waals surface area (Å²) in [5.74, 6) is 0. The first-order valence-electron chi connectivity index (χ1n) is 6.71. The molecule has 1 N–H and O–H groups in total. The summed E-state index contributed by atoms with van der Waals surface area (Å²) in [7, 11) is 0. The zero-order chi connectivity index (χ0) is 14.1. The second kappa shape index (κ2) is 4.83. The van der Waals surface area contributed by atoms with Crippen molar-refractivity contribution in [3.05, 3.63) is 67.3 Å². The molecule has 0 radical (unpaired) electrons. The summed E-state index contributed by atoms with van der Waals surface area (Å²) < 4.78 is 0. The Balaban J connectivity index is 1.97. The number of nitrogens with one attached hydrogen (secondary N) is 1. The van der Waals surface area contributed by atoms with E-state index in [2.05, 4.69) is 26.2 Å². The van der Waals surface area contributed by atoms with E-state index in [0.29, 0.717) is 0 Å². The molecule has 0 atom stereocenters. The Morgan fingerprint density at radius 2 is 1.67 bits per heavy atom. The van der Waals surface area contributed by atoms with Crippen molar-refractivity contribution in [1.29, 1.82) is 0 Å². The summed E-state index contributed by atoms with van der Waals surface area (Å²) in [5, 5.41) is 8.42. The molecule has 4 aromatic rings. The van der Waals surface area contributed by atoms with Gasteiger partial charge in [0, 0.05) is 35.1 Å². The number of benzene rings is 1. The molecular weight excluding hydrogens is 260 g/mol. The van der Waals surface area contributed by atoms with E-state index < -0.39 is 0 Å². The number of aromatic amines is 1. The zero-order valence-corrected chi connectivity index (χ0v) is 11.2. The Hall–Kier alpha value is -3.01. The maximum absolute atomic E-state index is 4.41. The van der Waals surface area contributed by atoms with Gasteiger partial charge in [0.1, 0.15) is 0 Å². The van der Waals surface area contributed by atoms with Crippen LogP contribution in [0.3, 0.4) is 0 Å². The van der Waals surface area contributed by atoms with Crippen molar-refractivity contribution in [2.45, 2.75) is 0 Å². The first-order valence-corrected chi connectivity index (χ1v) is 6.71. The van der Waals surface area contributed by atoms with Crippen LogP contribution in [0, 0.1) is 0 Å². The quantitative estimate of drug-likeness (QED) is 0.605. The summed E-state index contributed by atoms with van der Waals surface area (Å²) in [5.41, 5.74) is 5.24. The molecule has 100 valence electrons. The van der Waals surface area contributed by atoms with Crippen LogP contribution in [0.2, 0.25) is 0 Å². The van der Waals surface area contributed by atoms with Gasteiger partial charge in [0.25, 0.3) is 0 Å². The average Bonchev–Trinajstić information content (AvgIpc) is 3.04. The van der Waals surface area contributed by atoms with Gasteiger partial charge >= 0.3 is 0 Å². The van der Waals surface area contributed by atoms with Crippen LogP contribution in [-0.2, 0) is 0 Å². The van der Waals surface area contributed by atoms with Gasteiger partial charge in [-0.15, -0.1) is 0 Å². The number of hydrogen-bond donors (Lipinski definition) is 1. The maximum Gasteiger partial charge on any atom is 0.0730 e. The first kappa shape index (κ1) is 11.8. The predicted molar refractivity (Wildman–Crippen MR) is 82.6 cm³/mol. The van der Waals surface area contributed by atoms with E-state index in [1.165, 1.54) is 0 Å². The number of aromatic nitrogens is 4. The van der Waals surface area contributed by atoms with Crippen LogP contribution in [0.25, 0.3) is 33.3 Å². The standard InChI is InChI=1S/C17H12N4/c1-2-4-16-14(3-1)13(7-10-19-16)15-11-20-21-17(15)12-5-8-18-9-6-12/h1-11H,(H,20,21). The van der Waals surface area contributed by atoms with Crippen LogP contribution in [0.15, 0.2) is 67.3 Å². The van der Waals surface area contributed by atoms with Crippen molar-refractivity contribution in [1.82, 2.24) is 20.2 Å². The van der Waals surface area contributed by atoms with E-state index in [4.69, 9.17) is 0 Å². The number of para-hydroxylation sites is 1. The fourth-order valence-electron chi connectivity index (χ4n) is 2.56. The van der Waals surface area contributed by atoms with Gasteiger partial charge in [-0.1, -0.05) is 18.2 Å². The molecule has 0 saturated heterocycles. The number of rotatable bonds is 2. The van der Waals surface area contributed by atoms with Gasteiger partial charge in [-0.3, -0.25) is 15.1 Å². The molecule has 1 aromatic carbocycles. The van der Waals surface area contributed by atoms with Crippen LogP contribution in [0.1, 0.15) is 0 Å². The summed E-state index contributed by atoms with van der Waals surface area (Å²) in [6, 6.07) is 14.1. The molecule has 4 heteroatoms. The number of hydrogen-bond acceptors (Lipinski definition) is 3. The van der Waals surface area contributed by atoms with Crippen LogP contribution in [-0.4, -0.2) is 20.2 Å². The molecule has 0 aliphatic rings. The summed E-state index contributed by atoms with van der Waals surface area (Å²) in [6.45, 7) is 0. The molecule has 4 rings (SSSR count). The Morgan fingerprint density at radius 3 is 2.57 bits per heavy atom. The van der Waals surface area contributed by atoms with Gasteiger partial charge < -0.3 is 0 Å². The predicted octanol–water partition coefficient (Wildman–Crippen LogP) is 3.69. The fourth-order valence-corrected chi connectivity index (χ4v) is 2.56. The molecule has 0 fully saturated rings. The molecule has 3 heterocycles. The largest absolute Gasteiger partial charge is 0.277 e. The highest BCUT2D eigenvalue weighted by Gasteiger charge is 2.12. The van der Waals surface area contributed by atoms with E-state index in [1.54, 1.807) is 12.4 Å². The molecule has 0 bridgehead atoms. The lowest BCUT2D eigenvalue weighted by molar-refractivity contribution is 1.09. The Kier molecular flexibility index (Phi) is 2.71. The Morgan fingerprint density at radius 1 is 0.810 bits per heavy atom. The molecule has 0 unspecified atom stereocenters. The molecule has 0 aliphatic heterocycles. The second-order valence-corrected chi connectivity index (χ2v) is 4.77. The number of pyridine rings is 2. The van der Waals surface area contributed by atoms with Gasteiger partial charge in [0.2, 0.25) is 0 Å². The molecule has 0 spiro atoms. The Bertz CT molecular complexity index is 891. The van der Waals surface area contributed by atoms with E-state index in [-0.39, 0.29) is 0 Å². The molecular formula is C17H12N4. The fraction of sp³-hybridized carbons (Fsp3) is 0. The Labute approximate surface area is 121 Å². The second-order valence-electron chi connectivity index (χ2n) is 4.77. The summed E-state index contributed by atoms with van der Waals surface area (Å²) in [6.07, 6.45) is 7.26. The minimum absolute atomic E-state index is 0.983. The number of fused-ring (bicyclic) bond motifs is 1. The third-order valence-electron chi connectivity index (χ3n) is 3.55. The van der Waals surface area contributed by atoms with Gasteiger partial charge in [0.15, 0.2) is 0 Å². The highest BCUT2D eigenvalue weighted by Crippen LogP contribution is 2.33.